The minimum absolute atomic E-state index is 0.0620. The number of rotatable bonds is 3. The topological polar surface area (TPSA) is 9.72 Å². The molecule has 0 radical (unpaired) electrons. The normalized spacial score (nSPS) is 22.9. The average molecular weight is 904 g/mol. The molecule has 0 atom stereocenters. The zero-order valence-corrected chi connectivity index (χ0v) is 45.5. The lowest BCUT2D eigenvalue weighted by Crippen LogP contribution is -2.62. The first-order chi connectivity index (χ1) is 31.5. The van der Waals surface area contributed by atoms with E-state index in [4.69, 9.17) is 0 Å². The van der Waals surface area contributed by atoms with Gasteiger partial charge in [-0.05, 0) is 204 Å². The maximum absolute atomic E-state index is 2.74. The SMILES string of the molecule is CN(C)c1cc2c3c(c1)N(c1ccc4c(c1)C(C)(C)CCC4(C)C)c1cc4c(cc1B3c1cc3c(cc1N2c1ccc2c(c1)C(C)(C)CCC2(C)C)C(C)(C)CCC3(C)C)C(C)(C)CCC4(C)C. The van der Waals surface area contributed by atoms with E-state index in [0.29, 0.717) is 0 Å². The van der Waals surface area contributed by atoms with E-state index >= 15 is 0 Å². The van der Waals surface area contributed by atoms with E-state index in [0.717, 1.165) is 0 Å². The van der Waals surface area contributed by atoms with Gasteiger partial charge in [-0.3, -0.25) is 0 Å². The second-order valence-corrected chi connectivity index (χ2v) is 28.3. The smallest absolute Gasteiger partial charge is 0.252 e. The van der Waals surface area contributed by atoms with E-state index in [1.807, 2.05) is 0 Å². The van der Waals surface area contributed by atoms with Gasteiger partial charge in [0.1, 0.15) is 0 Å². The Hall–Kier alpha value is -4.44. The Bertz CT molecular complexity index is 2780. The highest BCUT2D eigenvalue weighted by atomic mass is 15.2. The van der Waals surface area contributed by atoms with E-state index in [2.05, 4.69) is 212 Å². The third-order valence-corrected chi connectivity index (χ3v) is 19.7. The van der Waals surface area contributed by atoms with Gasteiger partial charge in [0.15, 0.2) is 0 Å². The van der Waals surface area contributed by atoms with Gasteiger partial charge in [0.05, 0.1) is 0 Å². The second-order valence-electron chi connectivity index (χ2n) is 28.3. The lowest BCUT2D eigenvalue weighted by atomic mass is 9.32. The third kappa shape index (κ3) is 6.56. The summed E-state index contributed by atoms with van der Waals surface area (Å²) in [7, 11) is 4.48. The Morgan fingerprint density at radius 1 is 0.338 bits per heavy atom. The minimum Gasteiger partial charge on any atom is -0.378 e. The highest BCUT2D eigenvalue weighted by molar-refractivity contribution is 7.00. The molecule has 5 aromatic rings. The van der Waals surface area contributed by atoms with Gasteiger partial charge in [0.2, 0.25) is 0 Å². The van der Waals surface area contributed by atoms with Crippen molar-refractivity contribution in [2.75, 3.05) is 28.8 Å². The summed E-state index contributed by atoms with van der Waals surface area (Å²) in [4.78, 5) is 7.82. The molecule has 4 aliphatic carbocycles. The molecule has 0 saturated heterocycles. The van der Waals surface area contributed by atoms with Gasteiger partial charge in [0, 0.05) is 53.9 Å². The average Bonchev–Trinajstić information content (AvgIpc) is 3.26. The molecule has 0 amide bonds. The molecule has 356 valence electrons. The van der Waals surface area contributed by atoms with Gasteiger partial charge in [0.25, 0.3) is 6.71 Å². The van der Waals surface area contributed by atoms with Crippen molar-refractivity contribution in [3.8, 4) is 0 Å². The molecule has 2 aliphatic heterocycles. The Kier molecular flexibility index (Phi) is 9.55. The number of benzene rings is 5. The summed E-state index contributed by atoms with van der Waals surface area (Å²) in [5, 5.41) is 0. The maximum atomic E-state index is 2.74. The molecule has 0 aromatic heterocycles. The molecule has 11 rings (SSSR count). The maximum Gasteiger partial charge on any atom is 0.252 e. The summed E-state index contributed by atoms with van der Waals surface area (Å²) in [5.41, 5.74) is 26.4. The first kappa shape index (κ1) is 46.0. The fourth-order valence-corrected chi connectivity index (χ4v) is 14.3. The molecule has 0 N–H and O–H groups in total. The van der Waals surface area contributed by atoms with Gasteiger partial charge in [-0.2, -0.15) is 0 Å². The van der Waals surface area contributed by atoms with Crippen molar-refractivity contribution in [1.29, 1.82) is 0 Å². The molecule has 0 unspecified atom stereocenters. The van der Waals surface area contributed by atoms with Crippen molar-refractivity contribution in [2.24, 2.45) is 0 Å². The van der Waals surface area contributed by atoms with E-state index in [1.54, 1.807) is 11.1 Å². The van der Waals surface area contributed by atoms with Crippen molar-refractivity contribution in [2.45, 2.75) is 205 Å². The molecule has 0 saturated carbocycles. The van der Waals surface area contributed by atoms with Gasteiger partial charge in [-0.1, -0.05) is 135 Å². The molecule has 0 fully saturated rings. The Morgan fingerprint density at radius 3 is 0.926 bits per heavy atom. The van der Waals surface area contributed by atoms with Gasteiger partial charge in [-0.15, -0.1) is 0 Å². The van der Waals surface area contributed by atoms with Crippen molar-refractivity contribution < 1.29 is 0 Å². The molecule has 4 heteroatoms. The minimum atomic E-state index is 0.0620. The summed E-state index contributed by atoms with van der Waals surface area (Å²) < 4.78 is 0. The van der Waals surface area contributed by atoms with Crippen molar-refractivity contribution >= 4 is 62.9 Å². The van der Waals surface area contributed by atoms with Gasteiger partial charge < -0.3 is 14.7 Å². The number of hydrogen-bond donors (Lipinski definition) is 0. The van der Waals surface area contributed by atoms with E-state index in [9.17, 15) is 0 Å². The number of fused-ring (bicyclic) bond motifs is 8. The third-order valence-electron chi connectivity index (χ3n) is 19.7. The Balaban J connectivity index is 1.29. The number of hydrogen-bond acceptors (Lipinski definition) is 3. The second kappa shape index (κ2) is 14.1. The number of nitrogens with zero attached hydrogens (tertiary/aromatic N) is 3. The first-order valence-corrected chi connectivity index (χ1v) is 26.6. The monoisotopic (exact) mass is 904 g/mol. The van der Waals surface area contributed by atoms with Crippen LogP contribution in [0, 0.1) is 0 Å². The number of anilines is 7. The largest absolute Gasteiger partial charge is 0.378 e. The molecular weight excluding hydrogens is 822 g/mol. The molecule has 68 heavy (non-hydrogen) atoms. The quantitative estimate of drug-likeness (QED) is 0.164. The molecule has 0 spiro atoms. The molecule has 5 aromatic carbocycles. The van der Waals surface area contributed by atoms with E-state index in [-0.39, 0.29) is 50.0 Å². The summed E-state index contributed by atoms with van der Waals surface area (Å²) in [6.45, 7) is 39.9. The fourth-order valence-electron chi connectivity index (χ4n) is 14.3. The lowest BCUT2D eigenvalue weighted by molar-refractivity contribution is 0.332. The van der Waals surface area contributed by atoms with Crippen LogP contribution in [0.1, 0.15) is 207 Å². The van der Waals surface area contributed by atoms with Crippen LogP contribution < -0.4 is 31.1 Å². The predicted molar refractivity (Wildman–Crippen MR) is 296 cm³/mol. The van der Waals surface area contributed by atoms with Crippen LogP contribution in [0.5, 0.6) is 0 Å². The van der Waals surface area contributed by atoms with Crippen LogP contribution in [0.25, 0.3) is 0 Å². The van der Waals surface area contributed by atoms with Crippen molar-refractivity contribution in [3.05, 3.63) is 117 Å². The zero-order valence-electron chi connectivity index (χ0n) is 45.5. The van der Waals surface area contributed by atoms with Crippen LogP contribution in [0.3, 0.4) is 0 Å². The van der Waals surface area contributed by atoms with Crippen LogP contribution in [0.2, 0.25) is 0 Å². The Morgan fingerprint density at radius 2 is 0.618 bits per heavy atom. The summed E-state index contributed by atoms with van der Waals surface area (Å²) in [6.07, 6.45) is 9.55. The first-order valence-electron chi connectivity index (χ1n) is 26.6. The predicted octanol–water partition coefficient (Wildman–Crippen LogP) is 15.2. The van der Waals surface area contributed by atoms with Crippen LogP contribution in [-0.2, 0) is 43.3 Å². The van der Waals surface area contributed by atoms with Gasteiger partial charge in [-0.25, -0.2) is 0 Å². The van der Waals surface area contributed by atoms with E-state index < -0.39 is 0 Å². The van der Waals surface area contributed by atoms with Crippen molar-refractivity contribution in [3.63, 3.8) is 0 Å². The van der Waals surface area contributed by atoms with E-state index in [1.165, 1.54) is 141 Å². The van der Waals surface area contributed by atoms with Crippen LogP contribution in [0.15, 0.2) is 72.8 Å². The summed E-state index contributed by atoms with van der Waals surface area (Å²) in [5.74, 6) is 0. The standard InChI is InChI=1S/C64H82BN3/c1-57(2)23-25-59(5,6)44-31-39(19-21-42(44)57)67-52-37-48-46(61(9,10)27-29-63(48,13)14)35-50(52)65-51-36-47-49(64(15,16)30-28-62(47,11)12)38-53(51)68(55-34-41(66(17)18)33-54(67)56(55)65)40-20-22-43-45(32-40)60(7,8)26-24-58(43,3)4/h19-22,31-38H,23-30H2,1-18H3. The summed E-state index contributed by atoms with van der Waals surface area (Å²) >= 11 is 0. The van der Waals surface area contributed by atoms with Crippen LogP contribution in [-0.4, -0.2) is 20.8 Å². The van der Waals surface area contributed by atoms with Crippen LogP contribution >= 0.6 is 0 Å². The van der Waals surface area contributed by atoms with Crippen molar-refractivity contribution in [1.82, 2.24) is 0 Å². The molecule has 0 bridgehead atoms. The highest BCUT2D eigenvalue weighted by Gasteiger charge is 2.50. The molecule has 2 heterocycles. The fraction of sp³-hybridized carbons (Fsp3) is 0.531. The highest BCUT2D eigenvalue weighted by Crippen LogP contribution is 2.56. The zero-order chi connectivity index (χ0) is 48.8. The summed E-state index contributed by atoms with van der Waals surface area (Å²) in [6, 6.07) is 31.2. The lowest BCUT2D eigenvalue weighted by Gasteiger charge is -2.49. The Labute approximate surface area is 412 Å². The van der Waals surface area contributed by atoms with Gasteiger partial charge >= 0.3 is 0 Å². The molecule has 3 nitrogen and oxygen atoms in total. The molecular formula is C64H82BN3. The molecule has 6 aliphatic rings. The van der Waals surface area contributed by atoms with Crippen LogP contribution in [0.4, 0.5) is 39.8 Å².